The first kappa shape index (κ1) is 42.4. The molecule has 5 aliphatic heterocycles. The Morgan fingerprint density at radius 2 is 1.84 bits per heavy atom. The zero-order valence-electron chi connectivity index (χ0n) is 36.2. The fraction of sp³-hybridized carbons (Fsp3) is 0.553. The molecule has 2 fully saturated rings. The van der Waals surface area contributed by atoms with Gasteiger partial charge in [0.25, 0.3) is 0 Å². The van der Waals surface area contributed by atoms with Crippen LogP contribution in [0, 0.1) is 11.3 Å². The molecule has 15 heteroatoms. The third-order valence-electron chi connectivity index (χ3n) is 15.4. The van der Waals surface area contributed by atoms with Gasteiger partial charge in [0.1, 0.15) is 22.9 Å². The van der Waals surface area contributed by atoms with Crippen molar-refractivity contribution in [1.29, 1.82) is 0 Å². The SMILES string of the molecule is CCC1=C[C@@H]2CN(CCc3c([nH]c4ccccc34)[C@@](C(=O)OC)(c3cc4c(cc3OC)N(C)[C@H]3C(O)(CNC(=O)C(F)(F)F)[C@H](OC(C)=O)[C@]5(CC)C=CCN6CC[C@]43C65)C2)C1. The van der Waals surface area contributed by atoms with Crippen LogP contribution in [-0.2, 0) is 41.1 Å². The molecule has 12 nitrogen and oxygen atoms in total. The molecule has 1 aliphatic carbocycles. The molecule has 1 aromatic heterocycles. The molecule has 0 radical (unpaired) electrons. The molecular formula is C47H56F3N5O7. The molecule has 62 heavy (non-hydrogen) atoms. The summed E-state index contributed by atoms with van der Waals surface area (Å²) in [5.41, 5.74) is 0.127. The summed E-state index contributed by atoms with van der Waals surface area (Å²) in [6, 6.07) is 10.6. The summed E-state index contributed by atoms with van der Waals surface area (Å²) in [5, 5.41) is 16.5. The van der Waals surface area contributed by atoms with Crippen LogP contribution in [0.4, 0.5) is 18.9 Å². The van der Waals surface area contributed by atoms with Crippen molar-refractivity contribution in [3.05, 3.63) is 82.6 Å². The minimum atomic E-state index is -5.23. The van der Waals surface area contributed by atoms with E-state index in [0.717, 1.165) is 53.8 Å². The van der Waals surface area contributed by atoms with Gasteiger partial charge < -0.3 is 34.5 Å². The summed E-state index contributed by atoms with van der Waals surface area (Å²) >= 11 is 0. The van der Waals surface area contributed by atoms with Gasteiger partial charge in [-0.3, -0.25) is 24.2 Å². The van der Waals surface area contributed by atoms with E-state index in [1.54, 1.807) is 14.2 Å². The molecule has 3 N–H and O–H groups in total. The molecular weight excluding hydrogens is 804 g/mol. The van der Waals surface area contributed by atoms with Crippen molar-refractivity contribution in [2.45, 2.75) is 93.7 Å². The van der Waals surface area contributed by atoms with E-state index < -0.39 is 70.6 Å². The molecule has 3 aromatic rings. The van der Waals surface area contributed by atoms with Crippen LogP contribution < -0.4 is 15.0 Å². The number of hydrogen-bond acceptors (Lipinski definition) is 10. The highest BCUT2D eigenvalue weighted by Gasteiger charge is 2.78. The van der Waals surface area contributed by atoms with Crippen molar-refractivity contribution in [2.75, 3.05) is 65.4 Å². The third-order valence-corrected chi connectivity index (χ3v) is 15.4. The number of methoxy groups -OCH3 is 2. The molecule has 2 bridgehead atoms. The number of rotatable bonds is 8. The Morgan fingerprint density at radius 1 is 1.06 bits per heavy atom. The number of hydrogen-bond donors (Lipinski definition) is 3. The summed E-state index contributed by atoms with van der Waals surface area (Å²) in [6.45, 7) is 7.95. The molecule has 9 atom stereocenters. The van der Waals surface area contributed by atoms with Crippen LogP contribution in [0.2, 0.25) is 0 Å². The monoisotopic (exact) mass is 859 g/mol. The largest absolute Gasteiger partial charge is 0.496 e. The predicted octanol–water partition coefficient (Wildman–Crippen LogP) is 5.30. The fourth-order valence-electron chi connectivity index (χ4n) is 13.3. The number of carbonyl (C=O) groups excluding carboxylic acids is 3. The first-order chi connectivity index (χ1) is 29.5. The van der Waals surface area contributed by atoms with Gasteiger partial charge in [0.05, 0.1) is 26.8 Å². The standard InChI is InChI=1S/C47H56F3N5O7/c1-7-28-20-29-23-45(42(58)61-6,37-31(14-18-54(24-28)25-29)30-12-9-10-13-34(30)52-37)33-21-32-35(22-36(33)60-5)53(4)39-44(32)16-19-55-17-11-15-43(8-2,38(44)55)40(62-27(3)56)46(39,59)26-51-41(57)47(48,49)50/h9-13,15,20-22,29,38-40,52,59H,7-8,14,16-19,23-26H2,1-6H3,(H,51,57)/t29-,38?,39+,40+,43+,44+,45-,46?/m0/s1. The smallest absolute Gasteiger partial charge is 0.471 e. The molecule has 6 aliphatic rings. The summed E-state index contributed by atoms with van der Waals surface area (Å²) < 4.78 is 60.1. The van der Waals surface area contributed by atoms with Crippen LogP contribution in [0.5, 0.6) is 5.75 Å². The highest BCUT2D eigenvalue weighted by atomic mass is 19.4. The number of amides is 1. The van der Waals surface area contributed by atoms with Gasteiger partial charge >= 0.3 is 24.0 Å². The average molecular weight is 860 g/mol. The van der Waals surface area contributed by atoms with Crippen LogP contribution in [0.25, 0.3) is 10.9 Å². The molecule has 9 rings (SSSR count). The lowest BCUT2D eigenvalue weighted by molar-refractivity contribution is -0.219. The number of anilines is 1. The maximum absolute atomic E-state index is 15.3. The summed E-state index contributed by atoms with van der Waals surface area (Å²) in [7, 11) is 4.74. The molecule has 332 valence electrons. The van der Waals surface area contributed by atoms with Gasteiger partial charge in [0.2, 0.25) is 0 Å². The van der Waals surface area contributed by atoms with Crippen molar-refractivity contribution >= 4 is 34.4 Å². The number of esters is 2. The van der Waals surface area contributed by atoms with Crippen LogP contribution in [0.3, 0.4) is 0 Å². The van der Waals surface area contributed by atoms with E-state index in [1.807, 2.05) is 59.6 Å². The number of ether oxygens (including phenoxy) is 3. The molecule has 3 unspecified atom stereocenters. The normalized spacial score (nSPS) is 33.5. The summed E-state index contributed by atoms with van der Waals surface area (Å²) in [6.07, 6.45) is 2.37. The molecule has 1 amide bonds. The Balaban J connectivity index is 1.34. The van der Waals surface area contributed by atoms with Gasteiger partial charge in [0, 0.05) is 90.9 Å². The Hall–Kier alpha value is -4.86. The van der Waals surface area contributed by atoms with E-state index in [9.17, 15) is 27.9 Å². The Labute approximate surface area is 359 Å². The highest BCUT2D eigenvalue weighted by Crippen LogP contribution is 2.68. The Kier molecular flexibility index (Phi) is 10.2. The number of likely N-dealkylation sites (N-methyl/N-ethyl adjacent to an activating group) is 1. The van der Waals surface area contributed by atoms with Crippen molar-refractivity contribution in [2.24, 2.45) is 11.3 Å². The summed E-state index contributed by atoms with van der Waals surface area (Å²) in [5.74, 6) is -3.04. The minimum Gasteiger partial charge on any atom is -0.496 e. The number of carbonyl (C=O) groups is 3. The van der Waals surface area contributed by atoms with Crippen molar-refractivity contribution in [3.8, 4) is 5.75 Å². The molecule has 1 saturated carbocycles. The van der Waals surface area contributed by atoms with Gasteiger partial charge in [-0.15, -0.1) is 0 Å². The van der Waals surface area contributed by atoms with E-state index in [4.69, 9.17) is 14.2 Å². The van der Waals surface area contributed by atoms with Gasteiger partial charge in [0.15, 0.2) is 0 Å². The molecule has 6 heterocycles. The van der Waals surface area contributed by atoms with Crippen molar-refractivity contribution in [1.82, 2.24) is 20.1 Å². The van der Waals surface area contributed by atoms with E-state index in [2.05, 4.69) is 33.8 Å². The number of aromatic nitrogens is 1. The van der Waals surface area contributed by atoms with E-state index in [-0.39, 0.29) is 5.92 Å². The minimum absolute atomic E-state index is 0.0543. The van der Waals surface area contributed by atoms with E-state index in [1.165, 1.54) is 19.6 Å². The number of H-pyrrole nitrogens is 1. The summed E-state index contributed by atoms with van der Waals surface area (Å²) in [4.78, 5) is 51.3. The van der Waals surface area contributed by atoms with Crippen LogP contribution in [0.15, 0.2) is 60.2 Å². The van der Waals surface area contributed by atoms with Crippen LogP contribution in [-0.4, -0.2) is 128 Å². The van der Waals surface area contributed by atoms with Crippen LogP contribution in [0.1, 0.15) is 68.8 Å². The van der Waals surface area contributed by atoms with Gasteiger partial charge in [-0.05, 0) is 67.8 Å². The zero-order valence-corrected chi connectivity index (χ0v) is 36.2. The van der Waals surface area contributed by atoms with E-state index in [0.29, 0.717) is 55.8 Å². The molecule has 1 saturated heterocycles. The second-order valence-corrected chi connectivity index (χ2v) is 18.3. The highest BCUT2D eigenvalue weighted by molar-refractivity contribution is 5.94. The Morgan fingerprint density at radius 3 is 2.53 bits per heavy atom. The van der Waals surface area contributed by atoms with Crippen molar-refractivity contribution < 1.29 is 46.9 Å². The number of para-hydroxylation sites is 1. The van der Waals surface area contributed by atoms with Gasteiger partial charge in [-0.25, -0.2) is 0 Å². The number of alkyl halides is 3. The van der Waals surface area contributed by atoms with Crippen molar-refractivity contribution in [3.63, 3.8) is 0 Å². The van der Waals surface area contributed by atoms with E-state index >= 15 is 4.79 Å². The molecule has 1 spiro atoms. The maximum atomic E-state index is 15.3. The fourth-order valence-corrected chi connectivity index (χ4v) is 13.3. The lowest BCUT2D eigenvalue weighted by Crippen LogP contribution is -2.81. The third kappa shape index (κ3) is 5.86. The number of aromatic amines is 1. The lowest BCUT2D eigenvalue weighted by Gasteiger charge is -2.64. The quantitative estimate of drug-likeness (QED) is 0.202. The number of aliphatic hydroxyl groups is 1. The number of halogens is 3. The first-order valence-corrected chi connectivity index (χ1v) is 21.8. The second-order valence-electron chi connectivity index (χ2n) is 18.3. The average Bonchev–Trinajstić information content (AvgIpc) is 3.92. The van der Waals surface area contributed by atoms with Gasteiger partial charge in [-0.1, -0.05) is 55.8 Å². The number of nitrogens with one attached hydrogen (secondary N) is 2. The number of benzene rings is 2. The topological polar surface area (TPSA) is 137 Å². The predicted molar refractivity (Wildman–Crippen MR) is 226 cm³/mol. The first-order valence-electron chi connectivity index (χ1n) is 21.8. The second kappa shape index (κ2) is 14.9. The molecule has 2 aromatic carbocycles. The number of nitrogens with zero attached hydrogens (tertiary/aromatic N) is 3. The lowest BCUT2D eigenvalue weighted by atomic mass is 9.47. The Bertz CT molecular complexity index is 2400. The van der Waals surface area contributed by atoms with Gasteiger partial charge in [-0.2, -0.15) is 13.2 Å². The number of fused-ring (bicyclic) bond motifs is 6. The maximum Gasteiger partial charge on any atom is 0.471 e. The zero-order chi connectivity index (χ0) is 44.1. The van der Waals surface area contributed by atoms with Crippen LogP contribution >= 0.6 is 0 Å².